The van der Waals surface area contributed by atoms with Crippen LogP contribution in [-0.4, -0.2) is 40.3 Å². The fourth-order valence-corrected chi connectivity index (χ4v) is 3.46. The van der Waals surface area contributed by atoms with Crippen LogP contribution in [0, 0.1) is 5.82 Å². The van der Waals surface area contributed by atoms with Crippen LogP contribution in [0.2, 0.25) is 0 Å². The van der Waals surface area contributed by atoms with Gasteiger partial charge in [0.25, 0.3) is 11.5 Å². The third-order valence-corrected chi connectivity index (χ3v) is 4.90. The summed E-state index contributed by atoms with van der Waals surface area (Å²) in [5, 5.41) is 7.09. The Balaban J connectivity index is 1.80. The Morgan fingerprint density at radius 3 is 2.80 bits per heavy atom. The highest BCUT2D eigenvalue weighted by Gasteiger charge is 2.15. The van der Waals surface area contributed by atoms with Crippen molar-refractivity contribution in [3.63, 3.8) is 0 Å². The number of nitrogens with zero attached hydrogens (tertiary/aromatic N) is 3. The van der Waals surface area contributed by atoms with E-state index in [1.165, 1.54) is 12.1 Å². The van der Waals surface area contributed by atoms with E-state index in [4.69, 9.17) is 4.74 Å². The highest BCUT2D eigenvalue weighted by Crippen LogP contribution is 2.18. The number of rotatable bonds is 7. The predicted molar refractivity (Wildman–Crippen MR) is 111 cm³/mol. The SMILES string of the molecule is COCCCNC(=O)c1ccc2c(c1)n(Cc1cccc(F)c1)c(=O)c1ccnn12. The minimum atomic E-state index is -0.369. The van der Waals surface area contributed by atoms with E-state index in [0.29, 0.717) is 47.2 Å². The van der Waals surface area contributed by atoms with Crippen molar-refractivity contribution in [2.24, 2.45) is 0 Å². The van der Waals surface area contributed by atoms with Crippen molar-refractivity contribution >= 4 is 22.5 Å². The Labute approximate surface area is 171 Å². The van der Waals surface area contributed by atoms with Crippen LogP contribution in [0.5, 0.6) is 0 Å². The number of benzene rings is 2. The molecule has 0 fully saturated rings. The minimum Gasteiger partial charge on any atom is -0.385 e. The maximum atomic E-state index is 13.7. The van der Waals surface area contributed by atoms with Gasteiger partial charge in [-0.15, -0.1) is 0 Å². The van der Waals surface area contributed by atoms with E-state index in [9.17, 15) is 14.0 Å². The molecule has 2 aromatic heterocycles. The molecule has 2 aromatic carbocycles. The van der Waals surface area contributed by atoms with Crippen molar-refractivity contribution in [2.75, 3.05) is 20.3 Å². The second-order valence-electron chi connectivity index (χ2n) is 6.96. The van der Waals surface area contributed by atoms with Crippen molar-refractivity contribution in [1.29, 1.82) is 0 Å². The molecule has 4 aromatic rings. The van der Waals surface area contributed by atoms with Crippen LogP contribution >= 0.6 is 0 Å². The second-order valence-corrected chi connectivity index (χ2v) is 6.96. The quantitative estimate of drug-likeness (QED) is 0.477. The molecule has 0 spiro atoms. The Bertz CT molecular complexity index is 1280. The number of nitrogens with one attached hydrogen (secondary N) is 1. The summed E-state index contributed by atoms with van der Waals surface area (Å²) in [7, 11) is 1.61. The first kappa shape index (κ1) is 19.8. The van der Waals surface area contributed by atoms with E-state index in [2.05, 4.69) is 10.4 Å². The second kappa shape index (κ2) is 8.46. The van der Waals surface area contributed by atoms with Gasteiger partial charge < -0.3 is 14.6 Å². The van der Waals surface area contributed by atoms with E-state index in [-0.39, 0.29) is 23.8 Å². The molecule has 7 nitrogen and oxygen atoms in total. The zero-order chi connectivity index (χ0) is 21.1. The number of carbonyl (C=O) groups excluding carboxylic acids is 1. The molecular weight excluding hydrogens is 387 g/mol. The molecule has 0 aliphatic rings. The molecule has 1 amide bonds. The monoisotopic (exact) mass is 408 g/mol. The van der Waals surface area contributed by atoms with Crippen molar-refractivity contribution in [3.05, 3.63) is 82.0 Å². The first-order valence-electron chi connectivity index (χ1n) is 9.60. The number of methoxy groups -OCH3 is 1. The van der Waals surface area contributed by atoms with Gasteiger partial charge in [-0.1, -0.05) is 12.1 Å². The summed E-state index contributed by atoms with van der Waals surface area (Å²) in [6.07, 6.45) is 2.26. The molecule has 0 aliphatic carbocycles. The van der Waals surface area contributed by atoms with Crippen LogP contribution in [0.15, 0.2) is 59.5 Å². The van der Waals surface area contributed by atoms with Gasteiger partial charge in [0, 0.05) is 25.8 Å². The number of hydrogen-bond donors (Lipinski definition) is 1. The lowest BCUT2D eigenvalue weighted by Crippen LogP contribution is -2.26. The maximum absolute atomic E-state index is 13.7. The number of fused-ring (bicyclic) bond motifs is 3. The minimum absolute atomic E-state index is 0.174. The zero-order valence-corrected chi connectivity index (χ0v) is 16.5. The molecule has 8 heteroatoms. The summed E-state index contributed by atoms with van der Waals surface area (Å²) < 4.78 is 21.8. The first-order valence-corrected chi connectivity index (χ1v) is 9.60. The van der Waals surface area contributed by atoms with Gasteiger partial charge in [0.2, 0.25) is 0 Å². The molecule has 30 heavy (non-hydrogen) atoms. The molecule has 2 heterocycles. The first-order chi connectivity index (χ1) is 14.6. The average molecular weight is 408 g/mol. The highest BCUT2D eigenvalue weighted by atomic mass is 19.1. The summed E-state index contributed by atoms with van der Waals surface area (Å²) in [5.74, 6) is -0.607. The van der Waals surface area contributed by atoms with Gasteiger partial charge in [0.05, 0.1) is 23.8 Å². The maximum Gasteiger partial charge on any atom is 0.277 e. The lowest BCUT2D eigenvalue weighted by Gasteiger charge is -2.14. The van der Waals surface area contributed by atoms with Crippen molar-refractivity contribution < 1.29 is 13.9 Å². The topological polar surface area (TPSA) is 77.6 Å². The summed E-state index contributed by atoms with van der Waals surface area (Å²) in [4.78, 5) is 25.7. The number of ether oxygens (including phenoxy) is 1. The fraction of sp³-hybridized carbons (Fsp3) is 0.227. The summed E-state index contributed by atoms with van der Waals surface area (Å²) in [6, 6.07) is 12.9. The van der Waals surface area contributed by atoms with Gasteiger partial charge >= 0.3 is 0 Å². The van der Waals surface area contributed by atoms with E-state index < -0.39 is 0 Å². The van der Waals surface area contributed by atoms with Crippen LogP contribution in [-0.2, 0) is 11.3 Å². The average Bonchev–Trinajstić information content (AvgIpc) is 3.24. The molecule has 0 saturated heterocycles. The fourth-order valence-electron chi connectivity index (χ4n) is 3.46. The van der Waals surface area contributed by atoms with Crippen LogP contribution in [0.4, 0.5) is 4.39 Å². The smallest absolute Gasteiger partial charge is 0.277 e. The Hall–Kier alpha value is -3.52. The standard InChI is InChI=1S/C22H21FN4O3/c1-30-11-3-9-24-21(28)16-6-7-18-20(13-16)26(14-15-4-2-5-17(23)12-15)22(29)19-8-10-25-27(18)19/h2,4-8,10,12-13H,3,9,11,14H2,1H3,(H,24,28). The predicted octanol–water partition coefficient (Wildman–Crippen LogP) is 2.60. The van der Waals surface area contributed by atoms with Crippen molar-refractivity contribution in [3.8, 4) is 0 Å². The van der Waals surface area contributed by atoms with Crippen LogP contribution in [0.25, 0.3) is 16.6 Å². The zero-order valence-electron chi connectivity index (χ0n) is 16.5. The molecule has 0 unspecified atom stereocenters. The molecule has 0 aliphatic heterocycles. The molecule has 154 valence electrons. The van der Waals surface area contributed by atoms with Gasteiger partial charge in [-0.3, -0.25) is 9.59 Å². The Morgan fingerprint density at radius 1 is 1.13 bits per heavy atom. The van der Waals surface area contributed by atoms with Crippen molar-refractivity contribution in [1.82, 2.24) is 19.5 Å². The Morgan fingerprint density at radius 2 is 2.00 bits per heavy atom. The normalized spacial score (nSPS) is 11.3. The third kappa shape index (κ3) is 3.81. The van der Waals surface area contributed by atoms with Gasteiger partial charge in [-0.25, -0.2) is 8.91 Å². The van der Waals surface area contributed by atoms with E-state index in [1.54, 1.807) is 58.8 Å². The molecule has 4 rings (SSSR count). The summed E-state index contributed by atoms with van der Waals surface area (Å²) >= 11 is 0. The molecule has 0 atom stereocenters. The number of hydrogen-bond acceptors (Lipinski definition) is 4. The van der Waals surface area contributed by atoms with Crippen LogP contribution in [0.1, 0.15) is 22.3 Å². The molecule has 0 radical (unpaired) electrons. The van der Waals surface area contributed by atoms with Gasteiger partial charge in [0.15, 0.2) is 0 Å². The number of carbonyl (C=O) groups is 1. The molecule has 0 saturated carbocycles. The largest absolute Gasteiger partial charge is 0.385 e. The number of aromatic nitrogens is 3. The number of halogens is 1. The van der Waals surface area contributed by atoms with Gasteiger partial charge in [-0.05, 0) is 48.4 Å². The van der Waals surface area contributed by atoms with Gasteiger partial charge in [0.1, 0.15) is 11.3 Å². The van der Waals surface area contributed by atoms with E-state index in [0.717, 1.165) is 0 Å². The van der Waals surface area contributed by atoms with Crippen LogP contribution < -0.4 is 10.9 Å². The van der Waals surface area contributed by atoms with E-state index >= 15 is 0 Å². The summed E-state index contributed by atoms with van der Waals surface area (Å²) in [5.41, 5.74) is 2.46. The lowest BCUT2D eigenvalue weighted by atomic mass is 10.1. The highest BCUT2D eigenvalue weighted by molar-refractivity contribution is 5.97. The molecular formula is C22H21FN4O3. The van der Waals surface area contributed by atoms with Crippen LogP contribution in [0.3, 0.4) is 0 Å². The molecule has 0 bridgehead atoms. The van der Waals surface area contributed by atoms with Crippen molar-refractivity contribution in [2.45, 2.75) is 13.0 Å². The third-order valence-electron chi connectivity index (χ3n) is 4.90. The van der Waals surface area contributed by atoms with Gasteiger partial charge in [-0.2, -0.15) is 5.10 Å². The summed E-state index contributed by atoms with van der Waals surface area (Å²) in [6.45, 7) is 1.22. The molecule has 1 N–H and O–H groups in total. The Kier molecular flexibility index (Phi) is 5.58. The lowest BCUT2D eigenvalue weighted by molar-refractivity contribution is 0.0948. The van der Waals surface area contributed by atoms with E-state index in [1.807, 2.05) is 0 Å². The number of amides is 1.